The van der Waals surface area contributed by atoms with Crippen LogP contribution in [0.3, 0.4) is 0 Å². The molecule has 0 radical (unpaired) electrons. The van der Waals surface area contributed by atoms with Crippen LogP contribution in [0.5, 0.6) is 0 Å². The van der Waals surface area contributed by atoms with Crippen molar-refractivity contribution in [2.45, 2.75) is 6.92 Å². The van der Waals surface area contributed by atoms with E-state index < -0.39 is 0 Å². The van der Waals surface area contributed by atoms with E-state index in [0.717, 1.165) is 22.4 Å². The number of rotatable bonds is 2. The SMILES string of the molecule is Cc1cccnc1-c1cccc(-c2cccnc2)c1. The van der Waals surface area contributed by atoms with E-state index in [1.54, 1.807) is 6.20 Å². The third-order valence-electron chi connectivity index (χ3n) is 3.14. The monoisotopic (exact) mass is 246 g/mol. The molecule has 2 nitrogen and oxygen atoms in total. The maximum atomic E-state index is 4.47. The van der Waals surface area contributed by atoms with Crippen molar-refractivity contribution in [3.63, 3.8) is 0 Å². The molecule has 0 saturated heterocycles. The van der Waals surface area contributed by atoms with E-state index in [2.05, 4.69) is 53.3 Å². The highest BCUT2D eigenvalue weighted by molar-refractivity contribution is 5.72. The lowest BCUT2D eigenvalue weighted by Gasteiger charge is -2.07. The lowest BCUT2D eigenvalue weighted by molar-refractivity contribution is 1.27. The van der Waals surface area contributed by atoms with Crippen molar-refractivity contribution in [1.29, 1.82) is 0 Å². The summed E-state index contributed by atoms with van der Waals surface area (Å²) in [4.78, 5) is 8.63. The van der Waals surface area contributed by atoms with Crippen LogP contribution in [-0.4, -0.2) is 9.97 Å². The van der Waals surface area contributed by atoms with E-state index in [9.17, 15) is 0 Å². The fourth-order valence-electron chi connectivity index (χ4n) is 2.17. The average Bonchev–Trinajstić information content (AvgIpc) is 2.49. The molecule has 0 unspecified atom stereocenters. The molecule has 0 aliphatic carbocycles. The summed E-state index contributed by atoms with van der Waals surface area (Å²) in [5.41, 5.74) is 5.65. The Morgan fingerprint density at radius 2 is 1.58 bits per heavy atom. The lowest BCUT2D eigenvalue weighted by Crippen LogP contribution is -1.88. The van der Waals surface area contributed by atoms with Gasteiger partial charge in [0.15, 0.2) is 0 Å². The first-order valence-electron chi connectivity index (χ1n) is 6.27. The molecule has 3 aromatic rings. The van der Waals surface area contributed by atoms with Gasteiger partial charge >= 0.3 is 0 Å². The van der Waals surface area contributed by atoms with Crippen LogP contribution in [0.15, 0.2) is 67.1 Å². The van der Waals surface area contributed by atoms with E-state index >= 15 is 0 Å². The largest absolute Gasteiger partial charge is 0.264 e. The molecule has 0 aliphatic rings. The van der Waals surface area contributed by atoms with Gasteiger partial charge in [-0.15, -0.1) is 0 Å². The van der Waals surface area contributed by atoms with Crippen molar-refractivity contribution in [2.24, 2.45) is 0 Å². The Morgan fingerprint density at radius 1 is 0.789 bits per heavy atom. The quantitative estimate of drug-likeness (QED) is 0.679. The zero-order valence-corrected chi connectivity index (χ0v) is 10.7. The van der Waals surface area contributed by atoms with Gasteiger partial charge in [0.05, 0.1) is 5.69 Å². The third-order valence-corrected chi connectivity index (χ3v) is 3.14. The van der Waals surface area contributed by atoms with E-state index in [0.29, 0.717) is 0 Å². The zero-order chi connectivity index (χ0) is 13.1. The smallest absolute Gasteiger partial charge is 0.0731 e. The molecular formula is C17H14N2. The van der Waals surface area contributed by atoms with Gasteiger partial charge in [0.25, 0.3) is 0 Å². The number of pyridine rings is 2. The summed E-state index contributed by atoms with van der Waals surface area (Å²) >= 11 is 0. The minimum atomic E-state index is 1.04. The van der Waals surface area contributed by atoms with Crippen molar-refractivity contribution < 1.29 is 0 Å². The number of benzene rings is 1. The van der Waals surface area contributed by atoms with Crippen LogP contribution >= 0.6 is 0 Å². The number of nitrogens with zero attached hydrogens (tertiary/aromatic N) is 2. The van der Waals surface area contributed by atoms with Gasteiger partial charge in [-0.3, -0.25) is 9.97 Å². The second-order valence-corrected chi connectivity index (χ2v) is 4.49. The molecule has 2 aromatic heterocycles. The molecule has 0 aliphatic heterocycles. The second kappa shape index (κ2) is 5.02. The minimum absolute atomic E-state index is 1.04. The molecule has 0 atom stereocenters. The highest BCUT2D eigenvalue weighted by atomic mass is 14.7. The number of hydrogen-bond donors (Lipinski definition) is 0. The summed E-state index contributed by atoms with van der Waals surface area (Å²) in [6.45, 7) is 2.08. The molecule has 1 aromatic carbocycles. The maximum absolute atomic E-state index is 4.47. The van der Waals surface area contributed by atoms with Crippen molar-refractivity contribution >= 4 is 0 Å². The minimum Gasteiger partial charge on any atom is -0.264 e. The summed E-state index contributed by atoms with van der Waals surface area (Å²) in [5.74, 6) is 0. The van der Waals surface area contributed by atoms with Gasteiger partial charge in [-0.25, -0.2) is 0 Å². The van der Waals surface area contributed by atoms with Crippen molar-refractivity contribution in [2.75, 3.05) is 0 Å². The molecule has 0 amide bonds. The second-order valence-electron chi connectivity index (χ2n) is 4.49. The molecule has 2 heterocycles. The van der Waals surface area contributed by atoms with Crippen molar-refractivity contribution in [1.82, 2.24) is 9.97 Å². The van der Waals surface area contributed by atoms with Gasteiger partial charge in [0, 0.05) is 29.7 Å². The number of aromatic nitrogens is 2. The van der Waals surface area contributed by atoms with Gasteiger partial charge in [-0.2, -0.15) is 0 Å². The van der Waals surface area contributed by atoms with E-state index in [-0.39, 0.29) is 0 Å². The fourth-order valence-corrected chi connectivity index (χ4v) is 2.17. The average molecular weight is 246 g/mol. The van der Waals surface area contributed by atoms with Gasteiger partial charge in [0.2, 0.25) is 0 Å². The van der Waals surface area contributed by atoms with Crippen LogP contribution in [0.25, 0.3) is 22.4 Å². The molecule has 19 heavy (non-hydrogen) atoms. The standard InChI is InChI=1S/C17H14N2/c1-13-5-3-10-19-17(13)15-7-2-6-14(11-15)16-8-4-9-18-12-16/h2-12H,1H3. The van der Waals surface area contributed by atoms with Crippen LogP contribution in [0.2, 0.25) is 0 Å². The molecule has 0 fully saturated rings. The normalized spacial score (nSPS) is 10.4. The van der Waals surface area contributed by atoms with Crippen molar-refractivity contribution in [3.05, 3.63) is 72.7 Å². The Labute approximate surface area is 112 Å². The molecule has 0 bridgehead atoms. The summed E-state index contributed by atoms with van der Waals surface area (Å²) in [5, 5.41) is 0. The van der Waals surface area contributed by atoms with Gasteiger partial charge < -0.3 is 0 Å². The molecule has 0 saturated carbocycles. The maximum Gasteiger partial charge on any atom is 0.0731 e. The molecule has 2 heteroatoms. The highest BCUT2D eigenvalue weighted by Crippen LogP contribution is 2.26. The number of hydrogen-bond acceptors (Lipinski definition) is 2. The van der Waals surface area contributed by atoms with Gasteiger partial charge in [0.1, 0.15) is 0 Å². The third kappa shape index (κ3) is 2.38. The number of aryl methyl sites for hydroxylation is 1. The van der Waals surface area contributed by atoms with Crippen LogP contribution < -0.4 is 0 Å². The summed E-state index contributed by atoms with van der Waals surface area (Å²) in [6, 6.07) is 16.5. The molecule has 0 spiro atoms. The lowest BCUT2D eigenvalue weighted by atomic mass is 10.0. The Hall–Kier alpha value is -2.48. The predicted octanol–water partition coefficient (Wildman–Crippen LogP) is 4.12. The summed E-state index contributed by atoms with van der Waals surface area (Å²) < 4.78 is 0. The van der Waals surface area contributed by atoms with E-state index in [1.807, 2.05) is 24.5 Å². The predicted molar refractivity (Wildman–Crippen MR) is 77.6 cm³/mol. The first-order chi connectivity index (χ1) is 9.34. The fraction of sp³-hybridized carbons (Fsp3) is 0.0588. The Bertz CT molecular complexity index is 690. The Kier molecular flexibility index (Phi) is 3.07. The molecular weight excluding hydrogens is 232 g/mol. The van der Waals surface area contributed by atoms with E-state index in [4.69, 9.17) is 0 Å². The molecule has 92 valence electrons. The van der Waals surface area contributed by atoms with E-state index in [1.165, 1.54) is 5.56 Å². The van der Waals surface area contributed by atoms with Crippen LogP contribution in [0.1, 0.15) is 5.56 Å². The highest BCUT2D eigenvalue weighted by Gasteiger charge is 2.04. The van der Waals surface area contributed by atoms with Crippen LogP contribution in [0, 0.1) is 6.92 Å². The van der Waals surface area contributed by atoms with Gasteiger partial charge in [-0.05, 0) is 36.2 Å². The first kappa shape index (κ1) is 11.6. The molecule has 3 rings (SSSR count). The Balaban J connectivity index is 2.09. The Morgan fingerprint density at radius 3 is 2.37 bits per heavy atom. The summed E-state index contributed by atoms with van der Waals surface area (Å²) in [6.07, 6.45) is 5.50. The first-order valence-corrected chi connectivity index (χ1v) is 6.27. The van der Waals surface area contributed by atoms with Gasteiger partial charge in [-0.1, -0.05) is 30.3 Å². The zero-order valence-electron chi connectivity index (χ0n) is 10.7. The topological polar surface area (TPSA) is 25.8 Å². The van der Waals surface area contributed by atoms with Crippen LogP contribution in [0.4, 0.5) is 0 Å². The molecule has 0 N–H and O–H groups in total. The van der Waals surface area contributed by atoms with Crippen molar-refractivity contribution in [3.8, 4) is 22.4 Å². The van der Waals surface area contributed by atoms with Crippen LogP contribution in [-0.2, 0) is 0 Å². The summed E-state index contributed by atoms with van der Waals surface area (Å²) in [7, 11) is 0.